The zero-order chi connectivity index (χ0) is 17.3. The van der Waals surface area contributed by atoms with Gasteiger partial charge in [0.2, 0.25) is 0 Å². The highest BCUT2D eigenvalue weighted by molar-refractivity contribution is 6.06. The summed E-state index contributed by atoms with van der Waals surface area (Å²) in [7, 11) is 0. The van der Waals surface area contributed by atoms with Crippen LogP contribution in [0.2, 0.25) is 0 Å². The normalized spacial score (nSPS) is 20.1. The van der Waals surface area contributed by atoms with Crippen LogP contribution in [0.15, 0.2) is 48.7 Å². The van der Waals surface area contributed by atoms with Crippen LogP contribution in [0.3, 0.4) is 0 Å². The van der Waals surface area contributed by atoms with Crippen molar-refractivity contribution in [3.05, 3.63) is 70.0 Å². The first-order valence-electron chi connectivity index (χ1n) is 7.21. The molecule has 1 atom stereocenters. The maximum Gasteiger partial charge on any atom is 0.325 e. The van der Waals surface area contributed by atoms with E-state index in [-0.39, 0.29) is 12.2 Å². The number of rotatable bonds is 4. The van der Waals surface area contributed by atoms with E-state index in [1.807, 2.05) is 0 Å². The number of benzene rings is 1. The lowest BCUT2D eigenvalue weighted by Gasteiger charge is -2.20. The third kappa shape index (κ3) is 2.58. The van der Waals surface area contributed by atoms with Crippen molar-refractivity contribution in [2.45, 2.75) is 19.0 Å². The van der Waals surface area contributed by atoms with Gasteiger partial charge >= 0.3 is 6.03 Å². The molecule has 1 N–H and O–H groups in total. The van der Waals surface area contributed by atoms with E-state index in [9.17, 15) is 19.7 Å². The number of carbonyl (C=O) groups excluding carboxylic acids is 2. The second kappa shape index (κ2) is 5.73. The summed E-state index contributed by atoms with van der Waals surface area (Å²) in [5, 5.41) is 13.3. The fourth-order valence-electron chi connectivity index (χ4n) is 2.58. The van der Waals surface area contributed by atoms with E-state index in [1.165, 1.54) is 24.3 Å². The largest absolute Gasteiger partial charge is 0.325 e. The number of carbonyl (C=O) groups is 2. The molecule has 1 aromatic heterocycles. The standard InChI is InChI=1S/C16H14N4O4/c1-16(13-4-2-3-9-17-13)14(21)19(15(22)18-16)10-11-5-7-12(8-6-11)20(23)24/h2-9H,10H2,1H3,(H,18,22)/t16-/m1/s1. The minimum Gasteiger partial charge on any atom is -0.318 e. The van der Waals surface area contributed by atoms with E-state index in [2.05, 4.69) is 10.3 Å². The highest BCUT2D eigenvalue weighted by Crippen LogP contribution is 2.28. The van der Waals surface area contributed by atoms with E-state index >= 15 is 0 Å². The molecule has 0 spiro atoms. The molecule has 8 nitrogen and oxygen atoms in total. The Morgan fingerprint density at radius 1 is 1.21 bits per heavy atom. The summed E-state index contributed by atoms with van der Waals surface area (Å²) >= 11 is 0. The van der Waals surface area contributed by atoms with Gasteiger partial charge in [-0.05, 0) is 24.6 Å². The van der Waals surface area contributed by atoms with Crippen molar-refractivity contribution in [1.29, 1.82) is 0 Å². The third-order valence-corrected chi connectivity index (χ3v) is 3.94. The number of hydrogen-bond acceptors (Lipinski definition) is 5. The summed E-state index contributed by atoms with van der Waals surface area (Å²) in [5.41, 5.74) is -0.197. The lowest BCUT2D eigenvalue weighted by Crippen LogP contribution is -2.41. The smallest absolute Gasteiger partial charge is 0.318 e. The van der Waals surface area contributed by atoms with Gasteiger partial charge in [0.15, 0.2) is 5.54 Å². The van der Waals surface area contributed by atoms with Crippen LogP contribution in [0, 0.1) is 10.1 Å². The summed E-state index contributed by atoms with van der Waals surface area (Å²) in [6, 6.07) is 10.3. The summed E-state index contributed by atoms with van der Waals surface area (Å²) in [6.45, 7) is 1.64. The number of non-ortho nitro benzene ring substituents is 1. The second-order valence-electron chi connectivity index (χ2n) is 5.58. The van der Waals surface area contributed by atoms with E-state index in [4.69, 9.17) is 0 Å². The van der Waals surface area contributed by atoms with Crippen molar-refractivity contribution in [2.24, 2.45) is 0 Å². The maximum absolute atomic E-state index is 12.7. The first kappa shape index (κ1) is 15.6. The van der Waals surface area contributed by atoms with Crippen molar-refractivity contribution in [2.75, 3.05) is 0 Å². The lowest BCUT2D eigenvalue weighted by molar-refractivity contribution is -0.384. The molecule has 1 aromatic carbocycles. The minimum absolute atomic E-state index is 0.0328. The maximum atomic E-state index is 12.7. The molecule has 3 amide bonds. The van der Waals surface area contributed by atoms with Gasteiger partial charge in [0.25, 0.3) is 11.6 Å². The van der Waals surface area contributed by atoms with Gasteiger partial charge in [-0.25, -0.2) is 4.79 Å². The monoisotopic (exact) mass is 326 g/mol. The van der Waals surface area contributed by atoms with Crippen molar-refractivity contribution < 1.29 is 14.5 Å². The highest BCUT2D eigenvalue weighted by atomic mass is 16.6. The number of nitro benzene ring substituents is 1. The number of pyridine rings is 1. The average molecular weight is 326 g/mol. The SMILES string of the molecule is C[C@]1(c2ccccn2)NC(=O)N(Cc2ccc([N+](=O)[O-])cc2)C1=O. The molecular weight excluding hydrogens is 312 g/mol. The summed E-state index contributed by atoms with van der Waals surface area (Å²) < 4.78 is 0. The van der Waals surface area contributed by atoms with Gasteiger partial charge < -0.3 is 5.32 Å². The predicted octanol–water partition coefficient (Wildman–Crippen LogP) is 1.96. The van der Waals surface area contributed by atoms with Gasteiger partial charge in [-0.2, -0.15) is 0 Å². The fourth-order valence-corrected chi connectivity index (χ4v) is 2.58. The second-order valence-corrected chi connectivity index (χ2v) is 5.58. The van der Waals surface area contributed by atoms with Crippen LogP contribution < -0.4 is 5.32 Å². The molecule has 2 heterocycles. The zero-order valence-electron chi connectivity index (χ0n) is 12.8. The minimum atomic E-state index is -1.22. The van der Waals surface area contributed by atoms with Crippen LogP contribution in [0.5, 0.6) is 0 Å². The number of nitrogens with zero attached hydrogens (tertiary/aromatic N) is 3. The van der Waals surface area contributed by atoms with Crippen molar-refractivity contribution in [3.8, 4) is 0 Å². The van der Waals surface area contributed by atoms with Gasteiger partial charge in [-0.1, -0.05) is 18.2 Å². The first-order valence-corrected chi connectivity index (χ1v) is 7.21. The molecule has 2 aromatic rings. The molecule has 1 saturated heterocycles. The molecule has 3 rings (SSSR count). The molecule has 1 fully saturated rings. The number of urea groups is 1. The molecular formula is C16H14N4O4. The van der Waals surface area contributed by atoms with Crippen molar-refractivity contribution in [3.63, 3.8) is 0 Å². The Hall–Kier alpha value is -3.29. The quantitative estimate of drug-likeness (QED) is 0.525. The zero-order valence-corrected chi connectivity index (χ0v) is 12.8. The number of amides is 3. The fraction of sp³-hybridized carbons (Fsp3) is 0.188. The lowest BCUT2D eigenvalue weighted by atomic mass is 9.97. The van der Waals surface area contributed by atoms with Crippen LogP contribution in [-0.2, 0) is 16.9 Å². The Balaban J connectivity index is 1.83. The van der Waals surface area contributed by atoms with E-state index in [0.29, 0.717) is 11.3 Å². The van der Waals surface area contributed by atoms with E-state index in [0.717, 1.165) is 4.90 Å². The summed E-state index contributed by atoms with van der Waals surface area (Å²) in [6.07, 6.45) is 1.55. The molecule has 24 heavy (non-hydrogen) atoms. The van der Waals surface area contributed by atoms with Gasteiger partial charge in [0.05, 0.1) is 17.2 Å². The topological polar surface area (TPSA) is 105 Å². The molecule has 0 bridgehead atoms. The van der Waals surface area contributed by atoms with Crippen molar-refractivity contribution in [1.82, 2.24) is 15.2 Å². The Kier molecular flexibility index (Phi) is 3.72. The van der Waals surface area contributed by atoms with Gasteiger partial charge in [-0.3, -0.25) is 24.8 Å². The Bertz CT molecular complexity index is 807. The molecule has 0 unspecified atom stereocenters. The number of nitro groups is 1. The van der Waals surface area contributed by atoms with Crippen LogP contribution >= 0.6 is 0 Å². The highest BCUT2D eigenvalue weighted by Gasteiger charge is 2.49. The predicted molar refractivity (Wildman–Crippen MR) is 83.8 cm³/mol. The molecule has 8 heteroatoms. The Morgan fingerprint density at radius 2 is 1.92 bits per heavy atom. The number of aromatic nitrogens is 1. The molecule has 1 aliphatic rings. The van der Waals surface area contributed by atoms with E-state index < -0.39 is 22.4 Å². The van der Waals surface area contributed by atoms with Crippen LogP contribution in [0.4, 0.5) is 10.5 Å². The molecule has 1 aliphatic heterocycles. The van der Waals surface area contributed by atoms with Gasteiger partial charge in [0.1, 0.15) is 0 Å². The Labute approximate surface area is 137 Å². The van der Waals surface area contributed by atoms with Crippen LogP contribution in [0.25, 0.3) is 0 Å². The third-order valence-electron chi connectivity index (χ3n) is 3.94. The van der Waals surface area contributed by atoms with E-state index in [1.54, 1.807) is 31.3 Å². The Morgan fingerprint density at radius 3 is 2.50 bits per heavy atom. The molecule has 122 valence electrons. The van der Waals surface area contributed by atoms with Gasteiger partial charge in [-0.15, -0.1) is 0 Å². The average Bonchev–Trinajstić information content (AvgIpc) is 2.80. The van der Waals surface area contributed by atoms with Crippen molar-refractivity contribution >= 4 is 17.6 Å². The summed E-state index contributed by atoms with van der Waals surface area (Å²) in [4.78, 5) is 40.3. The van der Waals surface area contributed by atoms with Crippen LogP contribution in [0.1, 0.15) is 18.2 Å². The molecule has 0 saturated carbocycles. The number of hydrogen-bond donors (Lipinski definition) is 1. The number of imide groups is 1. The van der Waals surface area contributed by atoms with Crippen LogP contribution in [-0.4, -0.2) is 26.7 Å². The summed E-state index contributed by atoms with van der Waals surface area (Å²) in [5.74, 6) is -0.412. The molecule has 0 aliphatic carbocycles. The van der Waals surface area contributed by atoms with Gasteiger partial charge in [0, 0.05) is 18.3 Å². The number of nitrogens with one attached hydrogen (secondary N) is 1. The first-order chi connectivity index (χ1) is 11.4. The molecule has 0 radical (unpaired) electrons.